The van der Waals surface area contributed by atoms with Gasteiger partial charge in [0.15, 0.2) is 5.96 Å². The van der Waals surface area contributed by atoms with Crippen LogP contribution < -0.4 is 25.0 Å². The number of aryl methyl sites for hydroxylation is 1. The Balaban J connectivity index is 0.00000363. The van der Waals surface area contributed by atoms with Crippen molar-refractivity contribution in [1.82, 2.24) is 10.6 Å². The topological polar surface area (TPSA) is 78.4 Å². The van der Waals surface area contributed by atoms with Crippen molar-refractivity contribution in [2.24, 2.45) is 4.99 Å². The van der Waals surface area contributed by atoms with Crippen molar-refractivity contribution in [1.29, 1.82) is 0 Å². The minimum atomic E-state index is -0.625. The number of benzene rings is 2. The standard InChI is InChI=1S/C24H34N4O3.HI/c1-5-25-24(26-15-23(29)18-8-6-17(2)7-9-18)27-19-10-11-28(16-19)20-12-21(30-3)14-22(13-20)31-4;/h6-9,12-14,19,23,29H,5,10-11,15-16H2,1-4H3,(H2,25,26,27);1H. The number of ether oxygens (including phenoxy) is 2. The van der Waals surface area contributed by atoms with Crippen molar-refractivity contribution in [3.05, 3.63) is 53.6 Å². The van der Waals surface area contributed by atoms with Crippen LogP contribution in [-0.2, 0) is 0 Å². The molecule has 1 fully saturated rings. The van der Waals surface area contributed by atoms with Gasteiger partial charge in [0.25, 0.3) is 0 Å². The summed E-state index contributed by atoms with van der Waals surface area (Å²) in [6, 6.07) is 14.1. The van der Waals surface area contributed by atoms with Gasteiger partial charge in [-0.2, -0.15) is 0 Å². The average Bonchev–Trinajstić information content (AvgIpc) is 3.26. The fraction of sp³-hybridized carbons (Fsp3) is 0.458. The molecule has 1 heterocycles. The minimum Gasteiger partial charge on any atom is -0.497 e. The zero-order chi connectivity index (χ0) is 22.2. The van der Waals surface area contributed by atoms with E-state index < -0.39 is 6.10 Å². The number of hydrogen-bond acceptors (Lipinski definition) is 5. The zero-order valence-corrected chi connectivity index (χ0v) is 21.6. The van der Waals surface area contributed by atoms with Crippen molar-refractivity contribution in [3.63, 3.8) is 0 Å². The summed E-state index contributed by atoms with van der Waals surface area (Å²) in [4.78, 5) is 6.93. The largest absolute Gasteiger partial charge is 0.497 e. The van der Waals surface area contributed by atoms with Gasteiger partial charge in [-0.15, -0.1) is 24.0 Å². The Morgan fingerprint density at radius 2 is 1.81 bits per heavy atom. The van der Waals surface area contributed by atoms with Crippen molar-refractivity contribution < 1.29 is 14.6 Å². The maximum absolute atomic E-state index is 10.5. The first kappa shape index (κ1) is 26.1. The molecule has 32 heavy (non-hydrogen) atoms. The van der Waals surface area contributed by atoms with E-state index >= 15 is 0 Å². The predicted molar refractivity (Wildman–Crippen MR) is 141 cm³/mol. The summed E-state index contributed by atoms with van der Waals surface area (Å²) >= 11 is 0. The number of halogens is 1. The summed E-state index contributed by atoms with van der Waals surface area (Å²) in [7, 11) is 3.33. The van der Waals surface area contributed by atoms with Crippen molar-refractivity contribution in [2.45, 2.75) is 32.4 Å². The predicted octanol–water partition coefficient (Wildman–Crippen LogP) is 3.50. The second kappa shape index (κ2) is 12.7. The van der Waals surface area contributed by atoms with Crippen LogP contribution in [0.2, 0.25) is 0 Å². The number of methoxy groups -OCH3 is 2. The number of nitrogens with one attached hydrogen (secondary N) is 2. The molecule has 0 aliphatic carbocycles. The van der Waals surface area contributed by atoms with Gasteiger partial charge in [0.2, 0.25) is 0 Å². The van der Waals surface area contributed by atoms with Gasteiger partial charge in [0, 0.05) is 49.6 Å². The van der Waals surface area contributed by atoms with E-state index in [1.807, 2.05) is 56.3 Å². The van der Waals surface area contributed by atoms with Crippen molar-refractivity contribution in [3.8, 4) is 11.5 Å². The third-order valence-electron chi connectivity index (χ3n) is 5.46. The smallest absolute Gasteiger partial charge is 0.191 e. The lowest BCUT2D eigenvalue weighted by molar-refractivity contribution is 0.187. The first-order chi connectivity index (χ1) is 15.0. The molecule has 0 saturated carbocycles. The van der Waals surface area contributed by atoms with Crippen molar-refractivity contribution in [2.75, 3.05) is 45.3 Å². The zero-order valence-electron chi connectivity index (χ0n) is 19.3. The fourth-order valence-electron chi connectivity index (χ4n) is 3.67. The summed E-state index contributed by atoms with van der Waals surface area (Å²) in [6.45, 7) is 6.92. The van der Waals surface area contributed by atoms with Crippen LogP contribution in [0.15, 0.2) is 47.5 Å². The lowest BCUT2D eigenvalue weighted by Crippen LogP contribution is -2.44. The van der Waals surface area contributed by atoms with E-state index in [0.29, 0.717) is 6.54 Å². The monoisotopic (exact) mass is 554 g/mol. The molecule has 0 amide bonds. The number of nitrogens with zero attached hydrogens (tertiary/aromatic N) is 2. The number of anilines is 1. The van der Waals surface area contributed by atoms with Gasteiger partial charge in [0.05, 0.1) is 26.9 Å². The summed E-state index contributed by atoms with van der Waals surface area (Å²) in [6.07, 6.45) is 0.366. The van der Waals surface area contributed by atoms with E-state index in [2.05, 4.69) is 20.5 Å². The Bertz CT molecular complexity index is 854. The fourth-order valence-corrected chi connectivity index (χ4v) is 3.67. The van der Waals surface area contributed by atoms with E-state index in [9.17, 15) is 5.11 Å². The van der Waals surface area contributed by atoms with Gasteiger partial charge >= 0.3 is 0 Å². The van der Waals surface area contributed by atoms with Gasteiger partial charge in [-0.05, 0) is 25.8 Å². The third kappa shape index (κ3) is 7.16. The first-order valence-corrected chi connectivity index (χ1v) is 10.8. The molecule has 2 unspecified atom stereocenters. The van der Waals surface area contributed by atoms with E-state index in [1.165, 1.54) is 5.56 Å². The van der Waals surface area contributed by atoms with Gasteiger partial charge in [0.1, 0.15) is 11.5 Å². The second-order valence-electron chi connectivity index (χ2n) is 7.79. The SMILES string of the molecule is CCNC(=NCC(O)c1ccc(C)cc1)NC1CCN(c2cc(OC)cc(OC)c2)C1.I. The summed E-state index contributed by atoms with van der Waals surface area (Å²) in [5.41, 5.74) is 3.13. The Hall–Kier alpha value is -2.20. The summed E-state index contributed by atoms with van der Waals surface area (Å²) in [5, 5.41) is 17.3. The van der Waals surface area contributed by atoms with Crippen LogP contribution in [0.1, 0.15) is 30.6 Å². The first-order valence-electron chi connectivity index (χ1n) is 10.8. The van der Waals surface area contributed by atoms with E-state index in [0.717, 1.165) is 54.8 Å². The highest BCUT2D eigenvalue weighted by atomic mass is 127. The van der Waals surface area contributed by atoms with Gasteiger partial charge < -0.3 is 30.1 Å². The Morgan fingerprint density at radius 1 is 1.16 bits per heavy atom. The van der Waals surface area contributed by atoms with Gasteiger partial charge in [-0.3, -0.25) is 4.99 Å². The molecule has 8 heteroatoms. The van der Waals surface area contributed by atoms with Crippen LogP contribution in [0.25, 0.3) is 0 Å². The molecule has 1 aliphatic heterocycles. The van der Waals surface area contributed by atoms with E-state index in [4.69, 9.17) is 9.47 Å². The molecule has 7 nitrogen and oxygen atoms in total. The number of guanidine groups is 1. The van der Waals surface area contributed by atoms with Crippen LogP contribution in [-0.4, -0.2) is 57.5 Å². The normalized spacial score (nSPS) is 16.8. The van der Waals surface area contributed by atoms with Crippen LogP contribution in [0.3, 0.4) is 0 Å². The Kier molecular flexibility index (Phi) is 10.4. The molecular weight excluding hydrogens is 519 g/mol. The van der Waals surface area contributed by atoms with Crippen LogP contribution >= 0.6 is 24.0 Å². The molecule has 0 spiro atoms. The highest BCUT2D eigenvalue weighted by Crippen LogP contribution is 2.30. The molecule has 3 N–H and O–H groups in total. The molecule has 2 aromatic carbocycles. The molecule has 2 aromatic rings. The number of rotatable bonds is 8. The Morgan fingerprint density at radius 3 is 2.41 bits per heavy atom. The molecular formula is C24H35IN4O3. The van der Waals surface area contributed by atoms with E-state index in [1.54, 1.807) is 14.2 Å². The highest BCUT2D eigenvalue weighted by molar-refractivity contribution is 14.0. The summed E-state index contributed by atoms with van der Waals surface area (Å²) in [5.74, 6) is 2.29. The van der Waals surface area contributed by atoms with Gasteiger partial charge in [-0.25, -0.2) is 0 Å². The lowest BCUT2D eigenvalue weighted by Gasteiger charge is -2.21. The summed E-state index contributed by atoms with van der Waals surface area (Å²) < 4.78 is 10.8. The number of aliphatic hydroxyl groups excluding tert-OH is 1. The molecule has 176 valence electrons. The maximum Gasteiger partial charge on any atom is 0.191 e. The molecule has 0 radical (unpaired) electrons. The molecule has 0 aromatic heterocycles. The van der Waals surface area contributed by atoms with Crippen LogP contribution in [0.4, 0.5) is 5.69 Å². The van der Waals surface area contributed by atoms with Crippen LogP contribution in [0.5, 0.6) is 11.5 Å². The quantitative estimate of drug-likeness (QED) is 0.264. The molecule has 1 aliphatic rings. The maximum atomic E-state index is 10.5. The van der Waals surface area contributed by atoms with E-state index in [-0.39, 0.29) is 30.0 Å². The van der Waals surface area contributed by atoms with Gasteiger partial charge in [-0.1, -0.05) is 29.8 Å². The number of aliphatic hydroxyl groups is 1. The average molecular weight is 554 g/mol. The Labute approximate surface area is 208 Å². The molecule has 0 bridgehead atoms. The lowest BCUT2D eigenvalue weighted by atomic mass is 10.1. The molecule has 3 rings (SSSR count). The second-order valence-corrected chi connectivity index (χ2v) is 7.79. The molecule has 1 saturated heterocycles. The third-order valence-corrected chi connectivity index (χ3v) is 5.46. The highest BCUT2D eigenvalue weighted by Gasteiger charge is 2.24. The van der Waals surface area contributed by atoms with Crippen molar-refractivity contribution >= 4 is 35.6 Å². The number of hydrogen-bond donors (Lipinski definition) is 3. The number of aliphatic imine (C=N–C) groups is 1. The molecule has 2 atom stereocenters. The van der Waals surface area contributed by atoms with Crippen LogP contribution in [0, 0.1) is 6.92 Å². The minimum absolute atomic E-state index is 0.